The van der Waals surface area contributed by atoms with Crippen LogP contribution in [0.5, 0.6) is 0 Å². The fourth-order valence-electron chi connectivity index (χ4n) is 9.03. The van der Waals surface area contributed by atoms with Gasteiger partial charge in [-0.05, 0) is 95.9 Å². The number of para-hydroxylation sites is 4. The third-order valence-corrected chi connectivity index (χ3v) is 13.7. The molecule has 0 unspecified atom stereocenters. The lowest BCUT2D eigenvalue weighted by Gasteiger charge is -2.35. The van der Waals surface area contributed by atoms with Gasteiger partial charge in [-0.15, -0.1) is 0 Å². The van der Waals surface area contributed by atoms with Gasteiger partial charge in [0.15, 0.2) is 0 Å². The van der Waals surface area contributed by atoms with Crippen molar-refractivity contribution in [2.45, 2.75) is 19.6 Å². The van der Waals surface area contributed by atoms with E-state index in [9.17, 15) is 0 Å². The lowest BCUT2D eigenvalue weighted by Crippen LogP contribution is -2.18. The Bertz CT molecular complexity index is 2980. The number of rotatable bonds is 2. The van der Waals surface area contributed by atoms with Gasteiger partial charge in [-0.1, -0.05) is 96.3 Å². The minimum atomic E-state index is 1.16. The molecule has 0 radical (unpaired) electrons. The van der Waals surface area contributed by atoms with Gasteiger partial charge >= 0.3 is 0 Å². The van der Waals surface area contributed by atoms with E-state index < -0.39 is 0 Å². The molecule has 0 saturated heterocycles. The topological polar surface area (TPSA) is 14.7 Å². The summed E-state index contributed by atoms with van der Waals surface area (Å²) in [6.07, 6.45) is 0. The van der Waals surface area contributed by atoms with Gasteiger partial charge in [0.25, 0.3) is 0 Å². The molecule has 9 aromatic rings. The minimum Gasteiger partial charge on any atom is -0.344 e. The molecule has 0 amide bonds. The fourth-order valence-corrected chi connectivity index (χ4v) is 11.1. The van der Waals surface area contributed by atoms with Gasteiger partial charge in [0.1, 0.15) is 0 Å². The quantitative estimate of drug-likeness (QED) is 0.175. The zero-order chi connectivity index (χ0) is 35.7. The third-order valence-electron chi connectivity index (χ3n) is 11.5. The number of hydrogen-bond acceptors (Lipinski definition) is 5. The Morgan fingerprint density at radius 3 is 1.48 bits per heavy atom. The van der Waals surface area contributed by atoms with E-state index in [4.69, 9.17) is 0 Å². The standard InChI is InChI=1S/C48H32N4S2/c1-49-39-17-11-12-33-47-32-25-23-30(52-37-15-5-9-20-45(37)54-46-21-10-6-16-38(46)52)27-41(32)50(2)42(47)28-34(48(33)39)31-24-22-29(26-40(31)49)51-35-13-3-7-18-43(35)53-44-19-8-4-14-36(44)51/h3-28H,1-2H3. The van der Waals surface area contributed by atoms with Crippen molar-refractivity contribution in [3.8, 4) is 11.1 Å². The predicted molar refractivity (Wildman–Crippen MR) is 229 cm³/mol. The molecule has 0 fully saturated rings. The summed E-state index contributed by atoms with van der Waals surface area (Å²) in [5.41, 5.74) is 14.6. The average molecular weight is 729 g/mol. The first-order valence-electron chi connectivity index (χ1n) is 18.3. The Morgan fingerprint density at radius 2 is 0.889 bits per heavy atom. The number of anilines is 8. The molecule has 0 saturated carbocycles. The van der Waals surface area contributed by atoms with Gasteiger partial charge in [0.05, 0.1) is 39.5 Å². The molecule has 0 spiro atoms. The number of benzene rings is 8. The molecule has 3 aliphatic heterocycles. The van der Waals surface area contributed by atoms with Crippen molar-refractivity contribution >= 4 is 102 Å². The van der Waals surface area contributed by atoms with Gasteiger partial charge in [0.2, 0.25) is 0 Å². The van der Waals surface area contributed by atoms with E-state index >= 15 is 0 Å². The Hall–Kier alpha value is -6.08. The van der Waals surface area contributed by atoms with Gasteiger partial charge in [-0.25, -0.2) is 0 Å². The Labute approximate surface area is 321 Å². The molecule has 0 atom stereocenters. The summed E-state index contributed by atoms with van der Waals surface area (Å²) in [5.74, 6) is 0. The molecule has 54 heavy (non-hydrogen) atoms. The molecule has 4 nitrogen and oxygen atoms in total. The van der Waals surface area contributed by atoms with Crippen LogP contribution in [0.1, 0.15) is 0 Å². The second kappa shape index (κ2) is 11.2. The summed E-state index contributed by atoms with van der Waals surface area (Å²) in [5, 5.41) is 5.19. The Kier molecular flexibility index (Phi) is 6.31. The summed E-state index contributed by atoms with van der Waals surface area (Å²) in [6.45, 7) is 0. The van der Waals surface area contributed by atoms with Gasteiger partial charge in [-0.3, -0.25) is 0 Å². The molecule has 256 valence electrons. The molecule has 0 N–H and O–H groups in total. The summed E-state index contributed by atoms with van der Waals surface area (Å²) in [7, 11) is 4.45. The molecule has 6 heteroatoms. The second-order valence-electron chi connectivity index (χ2n) is 14.3. The lowest BCUT2D eigenvalue weighted by atomic mass is 9.89. The average Bonchev–Trinajstić information content (AvgIpc) is 3.51. The van der Waals surface area contributed by atoms with E-state index in [0.717, 1.165) is 5.69 Å². The van der Waals surface area contributed by atoms with Crippen LogP contribution in [-0.2, 0) is 7.05 Å². The summed E-state index contributed by atoms with van der Waals surface area (Å²) >= 11 is 3.69. The van der Waals surface area contributed by atoms with Crippen molar-refractivity contribution < 1.29 is 0 Å². The number of fused-ring (bicyclic) bond motifs is 10. The molecule has 0 bridgehead atoms. The number of nitrogens with zero attached hydrogens (tertiary/aromatic N) is 4. The molecular formula is C48H32N4S2. The van der Waals surface area contributed by atoms with E-state index in [0.29, 0.717) is 0 Å². The Morgan fingerprint density at radius 1 is 0.370 bits per heavy atom. The first kappa shape index (κ1) is 30.4. The second-order valence-corrected chi connectivity index (χ2v) is 16.5. The summed E-state index contributed by atoms with van der Waals surface area (Å²) in [6, 6.07) is 58.3. The van der Waals surface area contributed by atoms with E-state index in [1.807, 2.05) is 23.5 Å². The van der Waals surface area contributed by atoms with Crippen LogP contribution in [0.15, 0.2) is 177 Å². The number of aromatic nitrogens is 1. The molecule has 1 aromatic heterocycles. The van der Waals surface area contributed by atoms with E-state index in [1.54, 1.807) is 0 Å². The van der Waals surface area contributed by atoms with E-state index in [1.165, 1.54) is 103 Å². The highest BCUT2D eigenvalue weighted by molar-refractivity contribution is 8.00. The summed E-state index contributed by atoms with van der Waals surface area (Å²) < 4.78 is 2.40. The van der Waals surface area contributed by atoms with Gasteiger partial charge < -0.3 is 19.3 Å². The van der Waals surface area contributed by atoms with Crippen molar-refractivity contribution in [1.29, 1.82) is 0 Å². The maximum atomic E-state index is 2.44. The molecule has 0 aliphatic carbocycles. The first-order valence-corrected chi connectivity index (χ1v) is 19.9. The Balaban J connectivity index is 1.05. The predicted octanol–water partition coefficient (Wildman–Crippen LogP) is 14.1. The highest BCUT2D eigenvalue weighted by Gasteiger charge is 2.30. The highest BCUT2D eigenvalue weighted by Crippen LogP contribution is 2.56. The van der Waals surface area contributed by atoms with Crippen LogP contribution in [-0.4, -0.2) is 11.6 Å². The zero-order valence-corrected chi connectivity index (χ0v) is 31.2. The van der Waals surface area contributed by atoms with Crippen molar-refractivity contribution in [1.82, 2.24) is 4.57 Å². The third kappa shape index (κ3) is 4.12. The molecule has 4 heterocycles. The van der Waals surface area contributed by atoms with Crippen LogP contribution in [0.2, 0.25) is 0 Å². The van der Waals surface area contributed by atoms with E-state index in [-0.39, 0.29) is 0 Å². The van der Waals surface area contributed by atoms with Crippen LogP contribution < -0.4 is 14.7 Å². The van der Waals surface area contributed by atoms with Crippen LogP contribution in [0, 0.1) is 0 Å². The van der Waals surface area contributed by atoms with Crippen LogP contribution in [0.25, 0.3) is 43.7 Å². The monoisotopic (exact) mass is 728 g/mol. The lowest BCUT2D eigenvalue weighted by molar-refractivity contribution is 1.01. The normalized spacial score (nSPS) is 13.9. The van der Waals surface area contributed by atoms with Crippen molar-refractivity contribution in [2.75, 3.05) is 21.7 Å². The van der Waals surface area contributed by atoms with Gasteiger partial charge in [-0.2, -0.15) is 0 Å². The first-order chi connectivity index (χ1) is 26.6. The molecular weight excluding hydrogens is 697 g/mol. The largest absolute Gasteiger partial charge is 0.344 e. The smallest absolute Gasteiger partial charge is 0.0601 e. The molecule has 3 aliphatic rings. The van der Waals surface area contributed by atoms with Gasteiger partial charge in [0, 0.05) is 72.5 Å². The highest BCUT2D eigenvalue weighted by atomic mass is 32.2. The van der Waals surface area contributed by atoms with Crippen LogP contribution >= 0.6 is 23.5 Å². The van der Waals surface area contributed by atoms with Crippen molar-refractivity contribution in [3.05, 3.63) is 158 Å². The zero-order valence-electron chi connectivity index (χ0n) is 29.6. The SMILES string of the molecule is CN1c2cc(N3c4ccccc4Sc4ccccc43)ccc2-c2cc3c(c4cccc1c24)c1ccc(N2c4ccccc4Sc4ccccc42)cc1n3C. The van der Waals surface area contributed by atoms with Crippen LogP contribution in [0.3, 0.4) is 0 Å². The number of aryl methyl sites for hydroxylation is 1. The number of hydrogen-bond donors (Lipinski definition) is 0. The summed E-state index contributed by atoms with van der Waals surface area (Å²) in [4.78, 5) is 12.3. The van der Waals surface area contributed by atoms with E-state index in [2.05, 4.69) is 191 Å². The molecule has 8 aromatic carbocycles. The maximum absolute atomic E-state index is 2.44. The maximum Gasteiger partial charge on any atom is 0.0601 e. The fraction of sp³-hybridized carbons (Fsp3) is 0.0417. The van der Waals surface area contributed by atoms with Crippen molar-refractivity contribution in [2.24, 2.45) is 7.05 Å². The van der Waals surface area contributed by atoms with Crippen molar-refractivity contribution in [3.63, 3.8) is 0 Å². The molecule has 12 rings (SSSR count). The minimum absolute atomic E-state index is 1.16. The van der Waals surface area contributed by atoms with Crippen LogP contribution in [0.4, 0.5) is 45.5 Å².